The average Bonchev–Trinajstić information content (AvgIpc) is 3.25. The third-order valence-corrected chi connectivity index (χ3v) is 9.16. The van der Waals surface area contributed by atoms with E-state index in [1.807, 2.05) is 48.5 Å². The Labute approximate surface area is 225 Å². The fraction of sp³-hybridized carbons (Fsp3) is 0.429. The minimum absolute atomic E-state index is 0.0634. The van der Waals surface area contributed by atoms with Gasteiger partial charge in [0.25, 0.3) is 0 Å². The molecule has 0 saturated heterocycles. The maximum atomic E-state index is 13.4. The first-order chi connectivity index (χ1) is 17.9. The maximum absolute atomic E-state index is 13.4. The molecule has 0 aliphatic carbocycles. The van der Waals surface area contributed by atoms with E-state index < -0.39 is 37.9 Å². The molecule has 1 aliphatic heterocycles. The summed E-state index contributed by atoms with van der Waals surface area (Å²) in [7, 11) is -3.82. The van der Waals surface area contributed by atoms with Crippen molar-refractivity contribution < 1.29 is 27.9 Å². The number of nitrogens with one attached hydrogen (secondary N) is 1. The summed E-state index contributed by atoms with van der Waals surface area (Å²) in [6.07, 6.45) is 0.791. The molecule has 206 valence electrons. The monoisotopic (exact) mass is 543 g/mol. The molecule has 0 aromatic heterocycles. The summed E-state index contributed by atoms with van der Waals surface area (Å²) < 4.78 is 31.4. The van der Waals surface area contributed by atoms with Crippen molar-refractivity contribution in [1.29, 1.82) is 0 Å². The van der Waals surface area contributed by atoms with E-state index in [2.05, 4.69) is 5.32 Å². The Morgan fingerprint density at radius 1 is 1.00 bits per heavy atom. The fourth-order valence-corrected chi connectivity index (χ4v) is 5.76. The molecule has 1 unspecified atom stereocenters. The Kier molecular flexibility index (Phi) is 9.56. The second-order valence-electron chi connectivity index (χ2n) is 10.5. The van der Waals surface area contributed by atoms with Gasteiger partial charge in [0.1, 0.15) is 18.6 Å². The molecular weight excluding hydrogens is 506 g/mol. The second kappa shape index (κ2) is 12.4. The van der Waals surface area contributed by atoms with Crippen LogP contribution in [0.2, 0.25) is 0 Å². The van der Waals surface area contributed by atoms with Gasteiger partial charge in [-0.15, -0.1) is 0 Å². The number of carbonyl (C=O) groups is 2. The Bertz CT molecular complexity index is 1230. The van der Waals surface area contributed by atoms with Crippen LogP contribution in [0.4, 0.5) is 4.79 Å². The minimum Gasteiger partial charge on any atom is -0.465 e. The molecule has 0 saturated carbocycles. The summed E-state index contributed by atoms with van der Waals surface area (Å²) in [5, 5.41) is 11.1. The summed E-state index contributed by atoms with van der Waals surface area (Å²) in [5.41, 5.74) is 2.43. The summed E-state index contributed by atoms with van der Waals surface area (Å²) >= 11 is 0. The number of hydrogen-bond donors (Lipinski definition) is 2. The maximum Gasteiger partial charge on any atom is 0.412 e. The quantitative estimate of drug-likeness (QED) is 0.440. The average molecular weight is 544 g/mol. The van der Waals surface area contributed by atoms with Gasteiger partial charge in [-0.1, -0.05) is 60.7 Å². The first-order valence-electron chi connectivity index (χ1n) is 12.5. The molecule has 2 aromatic rings. The molecule has 10 heteroatoms. The zero-order valence-corrected chi connectivity index (χ0v) is 23.1. The lowest BCUT2D eigenvalue weighted by Gasteiger charge is -2.28. The lowest BCUT2D eigenvalue weighted by atomic mass is 10.1. The van der Waals surface area contributed by atoms with Gasteiger partial charge >= 0.3 is 6.09 Å². The van der Waals surface area contributed by atoms with Gasteiger partial charge in [-0.3, -0.25) is 9.69 Å². The molecule has 9 nitrogen and oxygen atoms in total. The van der Waals surface area contributed by atoms with Crippen molar-refractivity contribution in [2.75, 3.05) is 13.4 Å². The lowest BCUT2D eigenvalue weighted by Crippen LogP contribution is -2.50. The van der Waals surface area contributed by atoms with Crippen molar-refractivity contribution in [3.05, 3.63) is 83.7 Å². The molecule has 2 amide bonds. The largest absolute Gasteiger partial charge is 0.465 e. The Balaban J connectivity index is 1.69. The third-order valence-electron chi connectivity index (χ3n) is 6.33. The fourth-order valence-electron chi connectivity index (χ4n) is 4.15. The van der Waals surface area contributed by atoms with Crippen molar-refractivity contribution >= 4 is 21.8 Å². The number of carbonyl (C=O) groups excluding carboxylic acids is 1. The molecule has 2 N–H and O–H groups in total. The van der Waals surface area contributed by atoms with Crippen molar-refractivity contribution in [3.8, 4) is 0 Å². The third kappa shape index (κ3) is 7.58. The molecular formula is C28H37N3O6S. The van der Waals surface area contributed by atoms with E-state index in [1.165, 1.54) is 6.20 Å². The molecule has 2 aromatic carbocycles. The number of nitrogens with zero attached hydrogens (tertiary/aromatic N) is 2. The van der Waals surface area contributed by atoms with Crippen LogP contribution in [0.5, 0.6) is 0 Å². The van der Waals surface area contributed by atoms with Crippen LogP contribution in [-0.2, 0) is 32.4 Å². The standard InChI is InChI=1S/C28H37N3O6S/c1-21(29-26(32)25(38(35,36)28(2,3)4)16-22-11-7-5-8-12-22)15-24-17-30(27(33)34)19-31(24)20-37-18-23-13-9-6-10-14-23/h5-14,17,21,25H,15-16,18-20H2,1-4H3,(H,29,32)(H,33,34)/t21-,25?/m1/s1. The van der Waals surface area contributed by atoms with E-state index in [-0.39, 0.29) is 19.8 Å². The molecule has 1 aliphatic rings. The number of sulfone groups is 1. The molecule has 0 spiro atoms. The van der Waals surface area contributed by atoms with Gasteiger partial charge in [0.15, 0.2) is 9.84 Å². The topological polar surface area (TPSA) is 116 Å². The van der Waals surface area contributed by atoms with Gasteiger partial charge in [-0.2, -0.15) is 0 Å². The highest BCUT2D eigenvalue weighted by Crippen LogP contribution is 2.25. The minimum atomic E-state index is -3.82. The number of benzene rings is 2. The van der Waals surface area contributed by atoms with E-state index in [0.717, 1.165) is 16.0 Å². The van der Waals surface area contributed by atoms with Crippen LogP contribution >= 0.6 is 0 Å². The molecule has 0 fully saturated rings. The van der Waals surface area contributed by atoms with Crippen molar-refractivity contribution in [3.63, 3.8) is 0 Å². The van der Waals surface area contributed by atoms with Crippen molar-refractivity contribution in [2.45, 2.75) is 63.2 Å². The van der Waals surface area contributed by atoms with Gasteiger partial charge in [0, 0.05) is 24.4 Å². The zero-order valence-electron chi connectivity index (χ0n) is 22.3. The first kappa shape index (κ1) is 29.2. The van der Waals surface area contributed by atoms with Crippen LogP contribution in [0.1, 0.15) is 45.2 Å². The van der Waals surface area contributed by atoms with Crippen molar-refractivity contribution in [2.24, 2.45) is 0 Å². The van der Waals surface area contributed by atoms with Gasteiger partial charge in [-0.25, -0.2) is 13.2 Å². The smallest absolute Gasteiger partial charge is 0.412 e. The summed E-state index contributed by atoms with van der Waals surface area (Å²) in [6, 6.07) is 18.3. The van der Waals surface area contributed by atoms with E-state index in [9.17, 15) is 23.1 Å². The van der Waals surface area contributed by atoms with Gasteiger partial charge in [0.05, 0.1) is 11.4 Å². The predicted molar refractivity (Wildman–Crippen MR) is 146 cm³/mol. The number of carboxylic acid groups (broad SMARTS) is 1. The van der Waals surface area contributed by atoms with Gasteiger partial charge in [-0.05, 0) is 45.2 Å². The van der Waals surface area contributed by atoms with E-state index in [1.54, 1.807) is 44.7 Å². The van der Waals surface area contributed by atoms with E-state index in [0.29, 0.717) is 18.7 Å². The summed E-state index contributed by atoms with van der Waals surface area (Å²) in [4.78, 5) is 27.9. The highest BCUT2D eigenvalue weighted by atomic mass is 32.2. The normalized spacial score (nSPS) is 15.6. The lowest BCUT2D eigenvalue weighted by molar-refractivity contribution is -0.121. The predicted octanol–water partition coefficient (Wildman–Crippen LogP) is 3.97. The SMILES string of the molecule is C[C@H](CC1=CN(C(=O)O)CN1COCc1ccccc1)NC(=O)C(Cc1ccccc1)S(=O)(=O)C(C)(C)C. The number of rotatable bonds is 11. The Morgan fingerprint density at radius 2 is 1.58 bits per heavy atom. The van der Waals surface area contributed by atoms with Crippen LogP contribution in [0.15, 0.2) is 72.6 Å². The van der Waals surface area contributed by atoms with Gasteiger partial charge < -0.3 is 20.1 Å². The van der Waals surface area contributed by atoms with Crippen LogP contribution in [0.25, 0.3) is 0 Å². The number of ether oxygens (including phenoxy) is 1. The molecule has 3 rings (SSSR count). The molecule has 1 heterocycles. The number of amides is 2. The highest BCUT2D eigenvalue weighted by Gasteiger charge is 2.41. The van der Waals surface area contributed by atoms with Crippen LogP contribution in [0.3, 0.4) is 0 Å². The molecule has 38 heavy (non-hydrogen) atoms. The van der Waals surface area contributed by atoms with Crippen LogP contribution in [0, 0.1) is 0 Å². The van der Waals surface area contributed by atoms with Crippen LogP contribution < -0.4 is 5.32 Å². The molecule has 0 bridgehead atoms. The molecule has 0 radical (unpaired) electrons. The highest BCUT2D eigenvalue weighted by molar-refractivity contribution is 7.94. The summed E-state index contributed by atoms with van der Waals surface area (Å²) in [5.74, 6) is -0.572. The van der Waals surface area contributed by atoms with Crippen molar-refractivity contribution in [1.82, 2.24) is 15.1 Å². The summed E-state index contributed by atoms with van der Waals surface area (Å²) in [6.45, 7) is 7.19. The molecule has 2 atom stereocenters. The van der Waals surface area contributed by atoms with Crippen LogP contribution in [-0.4, -0.2) is 64.8 Å². The van der Waals surface area contributed by atoms with E-state index >= 15 is 0 Å². The number of hydrogen-bond acceptors (Lipinski definition) is 6. The zero-order chi connectivity index (χ0) is 27.9. The van der Waals surface area contributed by atoms with Gasteiger partial charge in [0.2, 0.25) is 5.91 Å². The Hall–Kier alpha value is -3.37. The first-order valence-corrected chi connectivity index (χ1v) is 14.1. The Morgan fingerprint density at radius 3 is 2.13 bits per heavy atom. The van der Waals surface area contributed by atoms with E-state index in [4.69, 9.17) is 4.74 Å². The second-order valence-corrected chi connectivity index (χ2v) is 13.4.